The SMILES string of the molecule is C=C(C)CON1CC1C#N. The molecule has 0 aromatic rings. The van der Waals surface area contributed by atoms with Crippen molar-refractivity contribution in [3.05, 3.63) is 12.2 Å². The van der Waals surface area contributed by atoms with E-state index in [1.165, 1.54) is 0 Å². The van der Waals surface area contributed by atoms with Crippen LogP contribution in [0.5, 0.6) is 0 Å². The molecule has 1 saturated heterocycles. The van der Waals surface area contributed by atoms with Crippen molar-refractivity contribution in [3.63, 3.8) is 0 Å². The van der Waals surface area contributed by atoms with Gasteiger partial charge in [0.2, 0.25) is 0 Å². The van der Waals surface area contributed by atoms with Crippen LogP contribution in [0.15, 0.2) is 12.2 Å². The lowest BCUT2D eigenvalue weighted by Crippen LogP contribution is -2.04. The van der Waals surface area contributed by atoms with Crippen molar-refractivity contribution in [1.82, 2.24) is 5.06 Å². The highest BCUT2D eigenvalue weighted by atomic mass is 16.7. The van der Waals surface area contributed by atoms with E-state index in [1.807, 2.05) is 6.92 Å². The zero-order valence-corrected chi connectivity index (χ0v) is 6.00. The molecule has 0 amide bonds. The Morgan fingerprint density at radius 3 is 3.10 bits per heavy atom. The van der Waals surface area contributed by atoms with Crippen LogP contribution in [0.1, 0.15) is 6.92 Å². The van der Waals surface area contributed by atoms with Gasteiger partial charge in [0.1, 0.15) is 6.04 Å². The first-order valence-corrected chi connectivity index (χ1v) is 3.17. The van der Waals surface area contributed by atoms with Gasteiger partial charge in [-0.2, -0.15) is 10.3 Å². The van der Waals surface area contributed by atoms with Crippen LogP contribution in [-0.4, -0.2) is 24.3 Å². The van der Waals surface area contributed by atoms with Gasteiger partial charge in [-0.1, -0.05) is 12.2 Å². The minimum atomic E-state index is -0.0145. The van der Waals surface area contributed by atoms with Crippen LogP contribution >= 0.6 is 0 Å². The second kappa shape index (κ2) is 2.82. The van der Waals surface area contributed by atoms with E-state index in [-0.39, 0.29) is 6.04 Å². The molecule has 0 radical (unpaired) electrons. The van der Waals surface area contributed by atoms with Gasteiger partial charge < -0.3 is 0 Å². The van der Waals surface area contributed by atoms with Gasteiger partial charge >= 0.3 is 0 Å². The van der Waals surface area contributed by atoms with E-state index in [4.69, 9.17) is 10.1 Å². The van der Waals surface area contributed by atoms with Crippen molar-refractivity contribution in [2.75, 3.05) is 13.2 Å². The third-order valence-corrected chi connectivity index (χ3v) is 1.19. The van der Waals surface area contributed by atoms with E-state index >= 15 is 0 Å². The van der Waals surface area contributed by atoms with E-state index in [0.29, 0.717) is 6.61 Å². The van der Waals surface area contributed by atoms with Crippen molar-refractivity contribution >= 4 is 0 Å². The number of hydrogen-bond donors (Lipinski definition) is 0. The lowest BCUT2D eigenvalue weighted by atomic mass is 10.4. The summed E-state index contributed by atoms with van der Waals surface area (Å²) in [4.78, 5) is 5.13. The Bertz CT molecular complexity index is 183. The Hall–Kier alpha value is -0.850. The maximum absolute atomic E-state index is 8.35. The molecule has 3 nitrogen and oxygen atoms in total. The number of rotatable bonds is 3. The molecule has 1 aliphatic rings. The standard InChI is InChI=1S/C7H10N2O/c1-6(2)5-10-9-4-7(9)3-8/h7H,1,4-5H2,2H3. The Kier molecular flexibility index (Phi) is 2.05. The summed E-state index contributed by atoms with van der Waals surface area (Å²) in [5, 5.41) is 10.00. The molecular weight excluding hydrogens is 128 g/mol. The van der Waals surface area contributed by atoms with Gasteiger partial charge in [-0.25, -0.2) is 0 Å². The van der Waals surface area contributed by atoms with Crippen molar-refractivity contribution in [1.29, 1.82) is 5.26 Å². The summed E-state index contributed by atoms with van der Waals surface area (Å²) in [5.41, 5.74) is 0.976. The van der Waals surface area contributed by atoms with Gasteiger partial charge in [0.05, 0.1) is 19.2 Å². The van der Waals surface area contributed by atoms with Gasteiger partial charge in [-0.3, -0.25) is 4.84 Å². The first-order valence-electron chi connectivity index (χ1n) is 3.17. The molecule has 1 rings (SSSR count). The number of nitrogens with zero attached hydrogens (tertiary/aromatic N) is 2. The van der Waals surface area contributed by atoms with Gasteiger partial charge in [0.25, 0.3) is 0 Å². The summed E-state index contributed by atoms with van der Waals surface area (Å²) in [6.07, 6.45) is 0. The molecule has 0 saturated carbocycles. The molecule has 1 aliphatic heterocycles. The third kappa shape index (κ3) is 1.83. The van der Waals surface area contributed by atoms with E-state index in [2.05, 4.69) is 12.6 Å². The average Bonchev–Trinajstić information content (AvgIpc) is 2.61. The van der Waals surface area contributed by atoms with Gasteiger partial charge in [0.15, 0.2) is 0 Å². The minimum absolute atomic E-state index is 0.0145. The lowest BCUT2D eigenvalue weighted by molar-refractivity contribution is -0.0578. The molecule has 0 N–H and O–H groups in total. The molecule has 2 unspecified atom stereocenters. The smallest absolute Gasteiger partial charge is 0.137 e. The molecule has 2 atom stereocenters. The second-order valence-corrected chi connectivity index (χ2v) is 2.48. The molecule has 10 heavy (non-hydrogen) atoms. The van der Waals surface area contributed by atoms with Crippen LogP contribution < -0.4 is 0 Å². The fraction of sp³-hybridized carbons (Fsp3) is 0.571. The summed E-state index contributed by atoms with van der Waals surface area (Å²) in [6, 6.07) is 2.07. The van der Waals surface area contributed by atoms with Crippen molar-refractivity contribution in [3.8, 4) is 6.07 Å². The quantitative estimate of drug-likeness (QED) is 0.425. The van der Waals surface area contributed by atoms with E-state index < -0.39 is 0 Å². The predicted molar refractivity (Wildman–Crippen MR) is 36.9 cm³/mol. The third-order valence-electron chi connectivity index (χ3n) is 1.19. The average molecular weight is 138 g/mol. The van der Waals surface area contributed by atoms with E-state index in [0.717, 1.165) is 12.1 Å². The lowest BCUT2D eigenvalue weighted by Gasteiger charge is -2.00. The maximum Gasteiger partial charge on any atom is 0.137 e. The Morgan fingerprint density at radius 2 is 2.70 bits per heavy atom. The van der Waals surface area contributed by atoms with Crippen LogP contribution in [0.3, 0.4) is 0 Å². The first kappa shape index (κ1) is 7.26. The summed E-state index contributed by atoms with van der Waals surface area (Å²) in [5.74, 6) is 0. The molecular formula is C7H10N2O. The normalized spacial score (nSPS) is 29.2. The summed E-state index contributed by atoms with van der Waals surface area (Å²) in [6.45, 7) is 6.83. The topological polar surface area (TPSA) is 36.0 Å². The number of hydrogen-bond acceptors (Lipinski definition) is 3. The van der Waals surface area contributed by atoms with Crippen LogP contribution in [-0.2, 0) is 4.84 Å². The molecule has 0 bridgehead atoms. The fourth-order valence-corrected chi connectivity index (χ4v) is 0.564. The van der Waals surface area contributed by atoms with Crippen molar-refractivity contribution in [2.45, 2.75) is 13.0 Å². The monoisotopic (exact) mass is 138 g/mol. The van der Waals surface area contributed by atoms with E-state index in [9.17, 15) is 0 Å². The van der Waals surface area contributed by atoms with Crippen LogP contribution in [0.4, 0.5) is 0 Å². The zero-order chi connectivity index (χ0) is 7.56. The number of nitriles is 1. The first-order chi connectivity index (χ1) is 4.74. The molecule has 54 valence electrons. The Labute approximate surface area is 60.5 Å². The molecule has 0 aromatic heterocycles. The largest absolute Gasteiger partial charge is 0.293 e. The summed E-state index contributed by atoms with van der Waals surface area (Å²) >= 11 is 0. The fourth-order valence-electron chi connectivity index (χ4n) is 0.564. The van der Waals surface area contributed by atoms with Gasteiger partial charge in [0, 0.05) is 0 Å². The molecule has 1 heterocycles. The highest BCUT2D eigenvalue weighted by Gasteiger charge is 2.35. The van der Waals surface area contributed by atoms with Gasteiger partial charge in [-0.05, 0) is 6.92 Å². The zero-order valence-electron chi connectivity index (χ0n) is 6.00. The highest BCUT2D eigenvalue weighted by molar-refractivity contribution is 5.02. The molecule has 0 aromatic carbocycles. The van der Waals surface area contributed by atoms with Crippen molar-refractivity contribution in [2.24, 2.45) is 0 Å². The summed E-state index contributed by atoms with van der Waals surface area (Å²) < 4.78 is 0. The van der Waals surface area contributed by atoms with Crippen LogP contribution in [0, 0.1) is 11.3 Å². The van der Waals surface area contributed by atoms with E-state index in [1.54, 1.807) is 5.06 Å². The predicted octanol–water partition coefficient (Wildman–Crippen LogP) is 0.702. The molecule has 0 spiro atoms. The maximum atomic E-state index is 8.35. The van der Waals surface area contributed by atoms with Crippen molar-refractivity contribution < 1.29 is 4.84 Å². The highest BCUT2D eigenvalue weighted by Crippen LogP contribution is 2.16. The van der Waals surface area contributed by atoms with Gasteiger partial charge in [-0.15, -0.1) is 0 Å². The van der Waals surface area contributed by atoms with Crippen LogP contribution in [0.25, 0.3) is 0 Å². The number of hydroxylamine groups is 2. The summed E-state index contributed by atoms with van der Waals surface area (Å²) in [7, 11) is 0. The molecule has 3 heteroatoms. The molecule has 0 aliphatic carbocycles. The second-order valence-electron chi connectivity index (χ2n) is 2.48. The molecule has 1 fully saturated rings. The minimum Gasteiger partial charge on any atom is -0.293 e. The Morgan fingerprint density at radius 1 is 2.00 bits per heavy atom. The van der Waals surface area contributed by atoms with Crippen LogP contribution in [0.2, 0.25) is 0 Å². The Balaban J connectivity index is 2.08.